The average Bonchev–Trinajstić information content (AvgIpc) is 2.98. The van der Waals surface area contributed by atoms with E-state index in [4.69, 9.17) is 0 Å². The van der Waals surface area contributed by atoms with Crippen LogP contribution in [0.15, 0.2) is 78.6 Å². The fraction of sp³-hybridized carbons (Fsp3) is 0.0870. The summed E-state index contributed by atoms with van der Waals surface area (Å²) in [5, 5.41) is 2.73. The number of rotatable bonds is 6. The lowest BCUT2D eigenvalue weighted by atomic mass is 10.0. The minimum Gasteiger partial charge on any atom is -0.406 e. The number of pyridine rings is 1. The summed E-state index contributed by atoms with van der Waals surface area (Å²) < 4.78 is 55.1. The van der Waals surface area contributed by atoms with Gasteiger partial charge >= 0.3 is 6.36 Å². The SMILES string of the molecule is O=C1C(Nc2cccc(OC(F)(F)F)c2)=C(c2ccc(F)cc2)C(=O)N1Cc1ccccn1. The van der Waals surface area contributed by atoms with Gasteiger partial charge in [0.1, 0.15) is 17.3 Å². The number of nitrogens with one attached hydrogen (secondary N) is 1. The molecular weight excluding hydrogens is 442 g/mol. The molecule has 2 aromatic carbocycles. The van der Waals surface area contributed by atoms with Gasteiger partial charge in [0.25, 0.3) is 11.8 Å². The second-order valence-corrected chi connectivity index (χ2v) is 6.98. The number of amides is 2. The zero-order chi connectivity index (χ0) is 23.6. The van der Waals surface area contributed by atoms with Crippen molar-refractivity contribution in [3.63, 3.8) is 0 Å². The predicted octanol–water partition coefficient (Wildman–Crippen LogP) is 4.51. The van der Waals surface area contributed by atoms with Crippen LogP contribution in [0.1, 0.15) is 11.3 Å². The number of anilines is 1. The Kier molecular flexibility index (Phi) is 5.82. The summed E-state index contributed by atoms with van der Waals surface area (Å²) >= 11 is 0. The quantitative estimate of drug-likeness (QED) is 0.436. The van der Waals surface area contributed by atoms with E-state index in [1.807, 2.05) is 0 Å². The molecule has 3 aromatic rings. The second kappa shape index (κ2) is 8.73. The van der Waals surface area contributed by atoms with Gasteiger partial charge in [0.2, 0.25) is 0 Å². The highest BCUT2D eigenvalue weighted by Gasteiger charge is 2.39. The Balaban J connectivity index is 1.71. The molecule has 2 heterocycles. The van der Waals surface area contributed by atoms with E-state index >= 15 is 0 Å². The van der Waals surface area contributed by atoms with Gasteiger partial charge in [-0.1, -0.05) is 24.3 Å². The number of hydrogen-bond donors (Lipinski definition) is 1. The van der Waals surface area contributed by atoms with E-state index < -0.39 is 29.7 Å². The molecule has 1 aromatic heterocycles. The Labute approximate surface area is 185 Å². The average molecular weight is 457 g/mol. The Bertz CT molecular complexity index is 1230. The number of carbonyl (C=O) groups is 2. The molecule has 0 spiro atoms. The number of alkyl halides is 3. The van der Waals surface area contributed by atoms with E-state index in [0.717, 1.165) is 29.2 Å². The minimum atomic E-state index is -4.89. The van der Waals surface area contributed by atoms with Crippen LogP contribution < -0.4 is 10.1 Å². The van der Waals surface area contributed by atoms with Crippen LogP contribution in [0.5, 0.6) is 5.75 Å². The van der Waals surface area contributed by atoms with Crippen molar-refractivity contribution in [2.24, 2.45) is 0 Å². The molecule has 10 heteroatoms. The molecule has 33 heavy (non-hydrogen) atoms. The highest BCUT2D eigenvalue weighted by molar-refractivity contribution is 6.36. The van der Waals surface area contributed by atoms with Crippen molar-refractivity contribution in [1.82, 2.24) is 9.88 Å². The molecule has 1 N–H and O–H groups in total. The highest BCUT2D eigenvalue weighted by atomic mass is 19.4. The normalized spacial score (nSPS) is 14.1. The molecule has 1 aliphatic heterocycles. The van der Waals surface area contributed by atoms with Crippen LogP contribution in [-0.2, 0) is 16.1 Å². The van der Waals surface area contributed by atoms with Gasteiger partial charge in [-0.15, -0.1) is 13.2 Å². The third-order valence-electron chi connectivity index (χ3n) is 4.68. The molecule has 168 valence electrons. The van der Waals surface area contributed by atoms with Crippen molar-refractivity contribution in [3.05, 3.63) is 95.7 Å². The Morgan fingerprint density at radius 3 is 2.36 bits per heavy atom. The van der Waals surface area contributed by atoms with Gasteiger partial charge < -0.3 is 10.1 Å². The maximum atomic E-state index is 13.4. The molecule has 0 fully saturated rings. The zero-order valence-electron chi connectivity index (χ0n) is 16.8. The maximum Gasteiger partial charge on any atom is 0.573 e. The first kappa shape index (κ1) is 22.0. The van der Waals surface area contributed by atoms with Crippen LogP contribution in [0.4, 0.5) is 23.2 Å². The van der Waals surface area contributed by atoms with Crippen LogP contribution in [0.25, 0.3) is 5.57 Å². The van der Waals surface area contributed by atoms with Crippen LogP contribution >= 0.6 is 0 Å². The molecule has 0 bridgehead atoms. The molecular formula is C23H15F4N3O3. The molecule has 1 aliphatic rings. The molecule has 0 atom stereocenters. The Morgan fingerprint density at radius 1 is 0.939 bits per heavy atom. The van der Waals surface area contributed by atoms with Crippen molar-refractivity contribution in [1.29, 1.82) is 0 Å². The summed E-state index contributed by atoms with van der Waals surface area (Å²) in [5.41, 5.74) is 0.611. The number of benzene rings is 2. The number of ether oxygens (including phenoxy) is 1. The van der Waals surface area contributed by atoms with Gasteiger partial charge in [-0.2, -0.15) is 0 Å². The summed E-state index contributed by atoms with van der Waals surface area (Å²) in [6, 6.07) is 14.8. The van der Waals surface area contributed by atoms with Gasteiger partial charge in [0.15, 0.2) is 0 Å². The molecule has 6 nitrogen and oxygen atoms in total. The van der Waals surface area contributed by atoms with Crippen molar-refractivity contribution in [3.8, 4) is 5.75 Å². The van der Waals surface area contributed by atoms with Gasteiger partial charge in [0, 0.05) is 18.0 Å². The summed E-state index contributed by atoms with van der Waals surface area (Å²) in [5.74, 6) is -2.39. The van der Waals surface area contributed by atoms with E-state index in [0.29, 0.717) is 5.69 Å². The maximum absolute atomic E-state index is 13.4. The third-order valence-corrected chi connectivity index (χ3v) is 4.68. The summed E-state index contributed by atoms with van der Waals surface area (Å²) in [6.45, 7) is -0.119. The van der Waals surface area contributed by atoms with Gasteiger partial charge in [-0.05, 0) is 42.0 Å². The number of aromatic nitrogens is 1. The summed E-state index contributed by atoms with van der Waals surface area (Å²) in [4.78, 5) is 31.4. The van der Waals surface area contributed by atoms with Gasteiger partial charge in [-0.3, -0.25) is 19.5 Å². The first-order chi connectivity index (χ1) is 15.7. The number of imide groups is 1. The Hall–Kier alpha value is -4.21. The van der Waals surface area contributed by atoms with Crippen LogP contribution in [0.2, 0.25) is 0 Å². The van der Waals surface area contributed by atoms with Crippen molar-refractivity contribution >= 4 is 23.1 Å². The number of hydrogen-bond acceptors (Lipinski definition) is 5. The van der Waals surface area contributed by atoms with Gasteiger partial charge in [-0.25, -0.2) is 4.39 Å². The molecule has 0 radical (unpaired) electrons. The minimum absolute atomic E-state index is 0.0435. The fourth-order valence-electron chi connectivity index (χ4n) is 3.29. The van der Waals surface area contributed by atoms with E-state index in [1.54, 1.807) is 18.2 Å². The van der Waals surface area contributed by atoms with E-state index in [9.17, 15) is 27.2 Å². The molecule has 0 saturated carbocycles. The molecule has 2 amide bonds. The number of halogens is 4. The monoisotopic (exact) mass is 457 g/mol. The number of nitrogens with zero attached hydrogens (tertiary/aromatic N) is 2. The molecule has 0 unspecified atom stereocenters. The van der Waals surface area contributed by atoms with Crippen molar-refractivity contribution < 1.29 is 31.9 Å². The lowest BCUT2D eigenvalue weighted by Crippen LogP contribution is -2.32. The fourth-order valence-corrected chi connectivity index (χ4v) is 3.29. The van der Waals surface area contributed by atoms with Crippen molar-refractivity contribution in [2.45, 2.75) is 12.9 Å². The summed E-state index contributed by atoms with van der Waals surface area (Å²) in [7, 11) is 0. The van der Waals surface area contributed by atoms with E-state index in [2.05, 4.69) is 15.0 Å². The first-order valence-electron chi connectivity index (χ1n) is 9.60. The van der Waals surface area contributed by atoms with Gasteiger partial charge in [0.05, 0.1) is 17.8 Å². The lowest BCUT2D eigenvalue weighted by molar-refractivity contribution is -0.274. The Morgan fingerprint density at radius 2 is 1.70 bits per heavy atom. The van der Waals surface area contributed by atoms with E-state index in [1.165, 1.54) is 30.5 Å². The first-order valence-corrected chi connectivity index (χ1v) is 9.60. The largest absolute Gasteiger partial charge is 0.573 e. The van der Waals surface area contributed by atoms with Crippen LogP contribution in [0, 0.1) is 5.82 Å². The lowest BCUT2D eigenvalue weighted by Gasteiger charge is -2.15. The molecule has 0 aliphatic carbocycles. The topological polar surface area (TPSA) is 71.5 Å². The summed E-state index contributed by atoms with van der Waals surface area (Å²) in [6.07, 6.45) is -3.38. The molecule has 0 saturated heterocycles. The zero-order valence-corrected chi connectivity index (χ0v) is 16.8. The molecule has 4 rings (SSSR count). The predicted molar refractivity (Wildman–Crippen MR) is 110 cm³/mol. The van der Waals surface area contributed by atoms with Crippen LogP contribution in [-0.4, -0.2) is 28.1 Å². The van der Waals surface area contributed by atoms with E-state index in [-0.39, 0.29) is 29.1 Å². The second-order valence-electron chi connectivity index (χ2n) is 6.98. The third kappa shape index (κ3) is 5.00. The van der Waals surface area contributed by atoms with Crippen molar-refractivity contribution in [2.75, 3.05) is 5.32 Å². The number of carbonyl (C=O) groups excluding carboxylic acids is 2. The standard InChI is InChI=1S/C23H15F4N3O3/c24-15-9-7-14(8-10-15)19-20(29-16-5-3-6-18(12-16)33-23(25,26)27)22(32)30(21(19)31)13-17-4-1-2-11-28-17/h1-12,29H,13H2. The van der Waals surface area contributed by atoms with Crippen LogP contribution in [0.3, 0.4) is 0 Å². The smallest absolute Gasteiger partial charge is 0.406 e. The highest BCUT2D eigenvalue weighted by Crippen LogP contribution is 2.33.